The van der Waals surface area contributed by atoms with Crippen molar-refractivity contribution >= 4 is 27.6 Å². The third-order valence-corrected chi connectivity index (χ3v) is 4.81. The van der Waals surface area contributed by atoms with Crippen molar-refractivity contribution in [1.29, 1.82) is 0 Å². The van der Waals surface area contributed by atoms with Gasteiger partial charge in [0.15, 0.2) is 0 Å². The number of carbonyl (C=O) groups excluding carboxylic acids is 1. The summed E-state index contributed by atoms with van der Waals surface area (Å²) in [5.74, 6) is 0. The Labute approximate surface area is 146 Å². The van der Waals surface area contributed by atoms with Crippen LogP contribution < -0.4 is 0 Å². The molecule has 1 fully saturated rings. The number of nitrogens with zero attached hydrogens (tertiary/aromatic N) is 2. The van der Waals surface area contributed by atoms with Crippen molar-refractivity contribution in [1.82, 2.24) is 9.88 Å². The third-order valence-electron chi connectivity index (χ3n) is 4.34. The normalized spacial score (nSPS) is 24.2. The van der Waals surface area contributed by atoms with E-state index in [4.69, 9.17) is 4.74 Å². The summed E-state index contributed by atoms with van der Waals surface area (Å²) in [6.45, 7) is 5.75. The second-order valence-electron chi connectivity index (χ2n) is 7.31. The van der Waals surface area contributed by atoms with Gasteiger partial charge in [0.2, 0.25) is 0 Å². The zero-order chi connectivity index (χ0) is 16.6. The van der Waals surface area contributed by atoms with Crippen molar-refractivity contribution in [2.45, 2.75) is 64.1 Å². The number of amides is 1. The van der Waals surface area contributed by atoms with E-state index in [0.29, 0.717) is 0 Å². The molecular formula is C18H23BrN2O2. The molecule has 2 unspecified atom stereocenters. The van der Waals surface area contributed by atoms with Crippen LogP contribution in [-0.2, 0) is 4.74 Å². The predicted molar refractivity (Wildman–Crippen MR) is 94.0 cm³/mol. The van der Waals surface area contributed by atoms with Gasteiger partial charge in [-0.05, 0) is 79.6 Å². The lowest BCUT2D eigenvalue weighted by Gasteiger charge is -2.45. The molecule has 1 saturated heterocycles. The van der Waals surface area contributed by atoms with Crippen molar-refractivity contribution in [2.24, 2.45) is 0 Å². The summed E-state index contributed by atoms with van der Waals surface area (Å²) in [5, 5.41) is 0. The van der Waals surface area contributed by atoms with Gasteiger partial charge in [0.1, 0.15) is 10.2 Å². The molecule has 0 N–H and O–H groups in total. The molecule has 1 amide bonds. The van der Waals surface area contributed by atoms with Gasteiger partial charge in [0.05, 0.1) is 6.04 Å². The number of hydrogen-bond donors (Lipinski definition) is 0. The molecule has 1 aromatic rings. The Morgan fingerprint density at radius 3 is 2.74 bits per heavy atom. The molecule has 2 atom stereocenters. The average Bonchev–Trinajstić information content (AvgIpc) is 2.44. The summed E-state index contributed by atoms with van der Waals surface area (Å²) < 4.78 is 6.45. The lowest BCUT2D eigenvalue weighted by atomic mass is 9.83. The number of hydrogen-bond acceptors (Lipinski definition) is 3. The molecular weight excluding hydrogens is 356 g/mol. The van der Waals surface area contributed by atoms with Crippen molar-refractivity contribution in [2.75, 3.05) is 0 Å². The Hall–Kier alpha value is -1.36. The van der Waals surface area contributed by atoms with Crippen LogP contribution in [-0.4, -0.2) is 33.7 Å². The van der Waals surface area contributed by atoms with Gasteiger partial charge in [-0.1, -0.05) is 12.1 Å². The van der Waals surface area contributed by atoms with Crippen molar-refractivity contribution in [3.63, 3.8) is 0 Å². The zero-order valence-corrected chi connectivity index (χ0v) is 15.5. The Balaban J connectivity index is 1.84. The van der Waals surface area contributed by atoms with E-state index in [-0.39, 0.29) is 18.2 Å². The first kappa shape index (κ1) is 16.5. The Morgan fingerprint density at radius 2 is 2.13 bits per heavy atom. The fourth-order valence-electron chi connectivity index (χ4n) is 3.41. The van der Waals surface area contributed by atoms with Crippen LogP contribution >= 0.6 is 15.9 Å². The summed E-state index contributed by atoms with van der Waals surface area (Å²) in [5.41, 5.74) is 1.99. The summed E-state index contributed by atoms with van der Waals surface area (Å²) in [4.78, 5) is 18.8. The molecule has 23 heavy (non-hydrogen) atoms. The summed E-state index contributed by atoms with van der Waals surface area (Å²) in [6.07, 6.45) is 8.02. The number of ether oxygens (including phenoxy) is 1. The number of aromatic nitrogens is 1. The van der Waals surface area contributed by atoms with Crippen LogP contribution in [0.25, 0.3) is 5.57 Å². The van der Waals surface area contributed by atoms with Gasteiger partial charge < -0.3 is 4.74 Å². The molecule has 0 aromatic carbocycles. The maximum Gasteiger partial charge on any atom is 0.411 e. The second-order valence-corrected chi connectivity index (χ2v) is 8.12. The lowest BCUT2D eigenvalue weighted by Crippen LogP contribution is -2.53. The highest BCUT2D eigenvalue weighted by molar-refractivity contribution is 9.10. The molecule has 0 aliphatic carbocycles. The first-order valence-corrected chi connectivity index (χ1v) is 8.97. The van der Waals surface area contributed by atoms with Crippen LogP contribution in [0.1, 0.15) is 52.0 Å². The summed E-state index contributed by atoms with van der Waals surface area (Å²) in [7, 11) is 0. The summed E-state index contributed by atoms with van der Waals surface area (Å²) in [6, 6.07) is 4.41. The number of carbonyl (C=O) groups is 1. The number of halogens is 1. The molecule has 2 aliphatic rings. The zero-order valence-electron chi connectivity index (χ0n) is 13.9. The SMILES string of the molecule is CC(C)(C)OC(=O)N1C2C=C(c3ccc(Br)nc3)CC1CCC2. The Bertz CT molecular complexity index is 619. The van der Waals surface area contributed by atoms with E-state index in [0.717, 1.165) is 35.8 Å². The Morgan fingerprint density at radius 1 is 1.35 bits per heavy atom. The van der Waals surface area contributed by atoms with E-state index < -0.39 is 5.60 Å². The minimum atomic E-state index is -0.453. The standard InChI is InChI=1S/C18H23BrN2O2/c1-18(2,3)23-17(22)21-14-5-4-6-15(21)10-13(9-14)12-7-8-16(19)20-11-12/h7-9,11,14-15H,4-6,10H2,1-3H3. The maximum atomic E-state index is 12.6. The van der Waals surface area contributed by atoms with E-state index in [1.54, 1.807) is 0 Å². The van der Waals surface area contributed by atoms with Gasteiger partial charge in [0, 0.05) is 12.2 Å². The molecule has 1 aromatic heterocycles. The predicted octanol–water partition coefficient (Wildman–Crippen LogP) is 4.79. The molecule has 5 heteroatoms. The van der Waals surface area contributed by atoms with Crippen molar-refractivity contribution in [3.8, 4) is 0 Å². The quantitative estimate of drug-likeness (QED) is 0.659. The number of pyridine rings is 1. The van der Waals surface area contributed by atoms with Crippen LogP contribution in [0.15, 0.2) is 29.0 Å². The van der Waals surface area contributed by atoms with E-state index in [1.165, 1.54) is 5.57 Å². The second kappa shape index (κ2) is 6.27. The molecule has 2 aliphatic heterocycles. The van der Waals surface area contributed by atoms with Gasteiger partial charge in [0.25, 0.3) is 0 Å². The van der Waals surface area contributed by atoms with Gasteiger partial charge in [-0.3, -0.25) is 4.90 Å². The van der Waals surface area contributed by atoms with Gasteiger partial charge in [-0.15, -0.1) is 0 Å². The van der Waals surface area contributed by atoms with E-state index >= 15 is 0 Å². The maximum absolute atomic E-state index is 12.6. The molecule has 0 radical (unpaired) electrons. The largest absolute Gasteiger partial charge is 0.444 e. The van der Waals surface area contributed by atoms with E-state index in [2.05, 4.69) is 33.1 Å². The van der Waals surface area contributed by atoms with Crippen molar-refractivity contribution < 1.29 is 9.53 Å². The van der Waals surface area contributed by atoms with E-state index in [1.807, 2.05) is 37.9 Å². The van der Waals surface area contributed by atoms with Crippen LogP contribution in [0.3, 0.4) is 0 Å². The van der Waals surface area contributed by atoms with Crippen LogP contribution in [0.2, 0.25) is 0 Å². The number of rotatable bonds is 1. The average molecular weight is 379 g/mol. The first-order chi connectivity index (χ1) is 10.8. The molecule has 4 nitrogen and oxygen atoms in total. The molecule has 0 spiro atoms. The third kappa shape index (κ3) is 3.77. The topological polar surface area (TPSA) is 42.4 Å². The van der Waals surface area contributed by atoms with Crippen LogP contribution in [0, 0.1) is 0 Å². The highest BCUT2D eigenvalue weighted by Gasteiger charge is 2.39. The smallest absolute Gasteiger partial charge is 0.411 e. The fraction of sp³-hybridized carbons (Fsp3) is 0.556. The van der Waals surface area contributed by atoms with Gasteiger partial charge in [-0.2, -0.15) is 0 Å². The molecule has 0 saturated carbocycles. The molecule has 2 bridgehead atoms. The lowest BCUT2D eigenvalue weighted by molar-refractivity contribution is 0.0000857. The molecule has 3 rings (SSSR count). The van der Waals surface area contributed by atoms with Gasteiger partial charge >= 0.3 is 6.09 Å². The summed E-state index contributed by atoms with van der Waals surface area (Å²) >= 11 is 3.37. The van der Waals surface area contributed by atoms with Crippen LogP contribution in [0.5, 0.6) is 0 Å². The fourth-order valence-corrected chi connectivity index (χ4v) is 3.64. The highest BCUT2D eigenvalue weighted by Crippen LogP contribution is 2.37. The number of piperidine rings is 1. The molecule has 3 heterocycles. The minimum Gasteiger partial charge on any atom is -0.444 e. The highest BCUT2D eigenvalue weighted by atomic mass is 79.9. The monoisotopic (exact) mass is 378 g/mol. The van der Waals surface area contributed by atoms with E-state index in [9.17, 15) is 4.79 Å². The number of fused-ring (bicyclic) bond motifs is 2. The van der Waals surface area contributed by atoms with Crippen molar-refractivity contribution in [3.05, 3.63) is 34.6 Å². The van der Waals surface area contributed by atoms with Gasteiger partial charge in [-0.25, -0.2) is 9.78 Å². The minimum absolute atomic E-state index is 0.135. The molecule has 124 valence electrons. The van der Waals surface area contributed by atoms with Crippen LogP contribution in [0.4, 0.5) is 4.79 Å². The Kier molecular flexibility index (Phi) is 4.50. The first-order valence-electron chi connectivity index (χ1n) is 8.17.